The van der Waals surface area contributed by atoms with E-state index in [-0.39, 0.29) is 6.03 Å². The predicted molar refractivity (Wildman–Crippen MR) is 122 cm³/mol. The van der Waals surface area contributed by atoms with E-state index in [0.717, 1.165) is 46.4 Å². The number of carbonyl (C=O) groups is 1. The second-order valence-electron chi connectivity index (χ2n) is 7.17. The van der Waals surface area contributed by atoms with Crippen molar-refractivity contribution >= 4 is 33.9 Å². The van der Waals surface area contributed by atoms with Gasteiger partial charge >= 0.3 is 6.03 Å². The highest BCUT2D eigenvalue weighted by Crippen LogP contribution is 2.36. The summed E-state index contributed by atoms with van der Waals surface area (Å²) in [5.41, 5.74) is 4.34. The number of hydrogen-bond acceptors (Lipinski definition) is 7. The minimum absolute atomic E-state index is 0.0897. The smallest absolute Gasteiger partial charge is 0.321 e. The van der Waals surface area contributed by atoms with Crippen LogP contribution >= 0.6 is 11.3 Å². The van der Waals surface area contributed by atoms with Crippen LogP contribution in [-0.4, -0.2) is 54.7 Å². The summed E-state index contributed by atoms with van der Waals surface area (Å²) < 4.78 is 12.6. The van der Waals surface area contributed by atoms with Crippen molar-refractivity contribution in [3.8, 4) is 17.0 Å². The number of carbonyl (C=O) groups excluding carboxylic acids is 1. The predicted octanol–water partition coefficient (Wildman–Crippen LogP) is 3.63. The summed E-state index contributed by atoms with van der Waals surface area (Å²) in [6.07, 6.45) is 2.90. The van der Waals surface area contributed by atoms with E-state index in [0.29, 0.717) is 25.4 Å². The third kappa shape index (κ3) is 4.64. The maximum absolute atomic E-state index is 12.0. The van der Waals surface area contributed by atoms with E-state index in [9.17, 15) is 4.79 Å². The van der Waals surface area contributed by atoms with Crippen molar-refractivity contribution in [3.63, 3.8) is 0 Å². The van der Waals surface area contributed by atoms with Crippen LogP contribution in [0.1, 0.15) is 12.1 Å². The van der Waals surface area contributed by atoms with Gasteiger partial charge in [0.25, 0.3) is 0 Å². The molecule has 0 aliphatic carbocycles. The second-order valence-corrected chi connectivity index (χ2v) is 8.03. The van der Waals surface area contributed by atoms with Gasteiger partial charge in [-0.05, 0) is 25.5 Å². The molecular weight excluding hydrogens is 416 g/mol. The average molecular weight is 443 g/mol. The first-order valence-corrected chi connectivity index (χ1v) is 11.0. The fraction of sp³-hybridized carbons (Fsp3) is 0.381. The molecule has 2 aromatic heterocycles. The zero-order chi connectivity index (χ0) is 21.8. The van der Waals surface area contributed by atoms with Crippen LogP contribution in [0.2, 0.25) is 0 Å². The van der Waals surface area contributed by atoms with E-state index in [4.69, 9.17) is 14.5 Å². The van der Waals surface area contributed by atoms with E-state index in [2.05, 4.69) is 15.7 Å². The molecule has 3 aromatic rings. The highest BCUT2D eigenvalue weighted by molar-refractivity contribution is 7.14. The van der Waals surface area contributed by atoms with Crippen molar-refractivity contribution < 1.29 is 14.3 Å². The molecule has 2 N–H and O–H groups in total. The van der Waals surface area contributed by atoms with Crippen molar-refractivity contribution in [1.82, 2.24) is 20.1 Å². The Balaban J connectivity index is 1.50. The summed E-state index contributed by atoms with van der Waals surface area (Å²) in [4.78, 5) is 18.4. The third-order valence-electron chi connectivity index (χ3n) is 5.06. The van der Waals surface area contributed by atoms with Gasteiger partial charge in [-0.2, -0.15) is 5.10 Å². The Bertz CT molecular complexity index is 1060. The summed E-state index contributed by atoms with van der Waals surface area (Å²) in [6, 6.07) is 5.65. The van der Waals surface area contributed by atoms with E-state index >= 15 is 0 Å². The number of aryl methyl sites for hydroxylation is 2. The lowest BCUT2D eigenvalue weighted by atomic mass is 10.1. The minimum atomic E-state index is -0.0897. The van der Waals surface area contributed by atoms with Crippen molar-refractivity contribution in [2.45, 2.75) is 19.9 Å². The molecule has 31 heavy (non-hydrogen) atoms. The van der Waals surface area contributed by atoms with Crippen LogP contribution in [0, 0.1) is 6.92 Å². The molecule has 10 heteroatoms. The third-order valence-corrected chi connectivity index (χ3v) is 5.82. The maximum Gasteiger partial charge on any atom is 0.321 e. The first-order chi connectivity index (χ1) is 15.1. The molecule has 0 spiro atoms. The summed E-state index contributed by atoms with van der Waals surface area (Å²) in [5.74, 6) is 0.677. The van der Waals surface area contributed by atoms with Crippen LogP contribution in [0.15, 0.2) is 29.8 Å². The van der Waals surface area contributed by atoms with Crippen LogP contribution in [0.3, 0.4) is 0 Å². The molecule has 0 saturated carbocycles. The molecule has 0 atom stereocenters. The molecule has 3 heterocycles. The Morgan fingerprint density at radius 2 is 2.19 bits per heavy atom. The SMILES string of the molecule is COCCCn1cc(Nc2nc(-c3ccc(N4CCNC4=O)cc3OC)cs2)c(C)n1. The normalized spacial score (nSPS) is 13.5. The number of ether oxygens (including phenoxy) is 2. The number of hydrogen-bond donors (Lipinski definition) is 2. The zero-order valence-corrected chi connectivity index (χ0v) is 18.7. The molecule has 9 nitrogen and oxygen atoms in total. The minimum Gasteiger partial charge on any atom is -0.496 e. The van der Waals surface area contributed by atoms with Gasteiger partial charge in [0.15, 0.2) is 5.13 Å². The number of nitrogens with one attached hydrogen (secondary N) is 2. The van der Waals surface area contributed by atoms with E-state index in [1.165, 1.54) is 11.3 Å². The molecule has 4 rings (SSSR count). The fourth-order valence-electron chi connectivity index (χ4n) is 3.47. The lowest BCUT2D eigenvalue weighted by molar-refractivity contribution is 0.189. The molecule has 1 aliphatic rings. The Labute approximate surface area is 185 Å². The monoisotopic (exact) mass is 442 g/mol. The van der Waals surface area contributed by atoms with Crippen LogP contribution in [0.25, 0.3) is 11.3 Å². The topological polar surface area (TPSA) is 93.5 Å². The number of benzene rings is 1. The molecule has 1 fully saturated rings. The van der Waals surface area contributed by atoms with Gasteiger partial charge < -0.3 is 20.1 Å². The van der Waals surface area contributed by atoms with Crippen molar-refractivity contribution in [2.75, 3.05) is 44.1 Å². The molecule has 1 saturated heterocycles. The number of amides is 2. The number of urea groups is 1. The summed E-state index contributed by atoms with van der Waals surface area (Å²) in [6.45, 7) is 4.77. The summed E-state index contributed by atoms with van der Waals surface area (Å²) >= 11 is 1.52. The first-order valence-electron chi connectivity index (χ1n) is 10.1. The van der Waals surface area contributed by atoms with Gasteiger partial charge in [0, 0.05) is 62.2 Å². The molecule has 2 amide bonds. The summed E-state index contributed by atoms with van der Waals surface area (Å²) in [5, 5.41) is 13.5. The largest absolute Gasteiger partial charge is 0.496 e. The molecule has 164 valence electrons. The lowest BCUT2D eigenvalue weighted by Gasteiger charge is -2.16. The molecule has 1 aliphatic heterocycles. The maximum atomic E-state index is 12.0. The van der Waals surface area contributed by atoms with Crippen LogP contribution in [-0.2, 0) is 11.3 Å². The highest BCUT2D eigenvalue weighted by Gasteiger charge is 2.22. The Hall–Kier alpha value is -3.11. The van der Waals surface area contributed by atoms with Gasteiger partial charge in [-0.1, -0.05) is 0 Å². The zero-order valence-electron chi connectivity index (χ0n) is 17.8. The number of methoxy groups -OCH3 is 2. The number of nitrogens with zero attached hydrogens (tertiary/aromatic N) is 4. The van der Waals surface area contributed by atoms with E-state index in [1.54, 1.807) is 19.1 Å². The standard InChI is InChI=1S/C21H26N6O3S/c1-14-17(12-26(25-14)8-4-10-29-2)23-20-24-18(13-31-20)16-6-5-15(11-19(16)30-3)27-9-7-22-21(27)28/h5-6,11-13H,4,7-10H2,1-3H3,(H,22,28)(H,23,24). The van der Waals surface area contributed by atoms with Gasteiger partial charge in [-0.3, -0.25) is 9.58 Å². The van der Waals surface area contributed by atoms with Gasteiger partial charge in [-0.25, -0.2) is 9.78 Å². The van der Waals surface area contributed by atoms with Crippen LogP contribution in [0.4, 0.5) is 21.3 Å². The van der Waals surface area contributed by atoms with E-state index in [1.807, 2.05) is 41.4 Å². The van der Waals surface area contributed by atoms with Gasteiger partial charge in [-0.15, -0.1) is 11.3 Å². The Morgan fingerprint density at radius 3 is 2.94 bits per heavy atom. The Kier molecular flexibility index (Phi) is 6.38. The Morgan fingerprint density at radius 1 is 1.32 bits per heavy atom. The second kappa shape index (κ2) is 9.36. The molecule has 0 unspecified atom stereocenters. The van der Waals surface area contributed by atoms with Crippen LogP contribution < -0.4 is 20.3 Å². The number of thiazole rings is 1. The van der Waals surface area contributed by atoms with E-state index < -0.39 is 0 Å². The highest BCUT2D eigenvalue weighted by atomic mass is 32.1. The van der Waals surface area contributed by atoms with Gasteiger partial charge in [0.1, 0.15) is 5.75 Å². The number of aromatic nitrogens is 3. The quantitative estimate of drug-likeness (QED) is 0.492. The van der Waals surface area contributed by atoms with Crippen molar-refractivity contribution in [3.05, 3.63) is 35.5 Å². The van der Waals surface area contributed by atoms with Gasteiger partial charge in [0.05, 0.1) is 24.2 Å². The number of rotatable bonds is 9. The lowest BCUT2D eigenvalue weighted by Crippen LogP contribution is -2.27. The average Bonchev–Trinajstić information content (AvgIpc) is 3.49. The molecule has 0 bridgehead atoms. The molecule has 1 aromatic carbocycles. The number of anilines is 3. The first kappa shape index (κ1) is 21.1. The van der Waals surface area contributed by atoms with Gasteiger partial charge in [0.2, 0.25) is 0 Å². The summed E-state index contributed by atoms with van der Waals surface area (Å²) in [7, 11) is 3.33. The fourth-order valence-corrected chi connectivity index (χ4v) is 4.20. The van der Waals surface area contributed by atoms with Crippen molar-refractivity contribution in [1.29, 1.82) is 0 Å². The van der Waals surface area contributed by atoms with Crippen LogP contribution in [0.5, 0.6) is 5.75 Å². The van der Waals surface area contributed by atoms with Crippen molar-refractivity contribution in [2.24, 2.45) is 0 Å². The molecule has 0 radical (unpaired) electrons. The molecular formula is C21H26N6O3S.